The second kappa shape index (κ2) is 11.0. The van der Waals surface area contributed by atoms with E-state index in [1.807, 2.05) is 0 Å². The number of piperidine rings is 1. The van der Waals surface area contributed by atoms with E-state index in [0.717, 1.165) is 74.8 Å². The fraction of sp³-hybridized carbons (Fsp3) is 0.800. The van der Waals surface area contributed by atoms with E-state index < -0.39 is 0 Å². The number of aliphatic hydroxyl groups is 1. The van der Waals surface area contributed by atoms with Gasteiger partial charge in [-0.2, -0.15) is 0 Å². The third-order valence-corrected chi connectivity index (χ3v) is 13.2. The molecule has 1 aromatic rings. The van der Waals surface area contributed by atoms with Crippen molar-refractivity contribution in [2.24, 2.45) is 46.3 Å². The molecule has 0 radical (unpaired) electrons. The summed E-state index contributed by atoms with van der Waals surface area (Å²) in [6.07, 6.45) is 15.3. The van der Waals surface area contributed by atoms with Crippen LogP contribution in [0.5, 0.6) is 0 Å². The second-order valence-corrected chi connectivity index (χ2v) is 15.0. The van der Waals surface area contributed by atoms with Crippen molar-refractivity contribution in [3.63, 3.8) is 0 Å². The van der Waals surface area contributed by atoms with Crippen LogP contribution in [0, 0.1) is 46.3 Å². The van der Waals surface area contributed by atoms with Crippen LogP contribution < -0.4 is 10.2 Å². The van der Waals surface area contributed by atoms with Crippen LogP contribution in [0.2, 0.25) is 0 Å². The first-order chi connectivity index (χ1) is 18.8. The summed E-state index contributed by atoms with van der Waals surface area (Å²) in [5, 5.41) is 13.7. The van der Waals surface area contributed by atoms with Crippen molar-refractivity contribution in [2.45, 2.75) is 116 Å². The van der Waals surface area contributed by atoms with Gasteiger partial charge in [-0.05, 0) is 136 Å². The molecule has 4 saturated carbocycles. The minimum absolute atomic E-state index is 0.0514. The smallest absolute Gasteiger partial charge is 0.220 e. The molecule has 2 N–H and O–H groups in total. The first-order valence-corrected chi connectivity index (χ1v) is 16.6. The zero-order valence-corrected chi connectivity index (χ0v) is 24.9. The van der Waals surface area contributed by atoms with Crippen LogP contribution in [0.25, 0.3) is 0 Å². The van der Waals surface area contributed by atoms with Gasteiger partial charge in [-0.15, -0.1) is 0 Å². The highest BCUT2D eigenvalue weighted by molar-refractivity contribution is 5.76. The number of rotatable bonds is 6. The van der Waals surface area contributed by atoms with Gasteiger partial charge in [0.25, 0.3) is 0 Å². The average molecular weight is 535 g/mol. The lowest BCUT2D eigenvalue weighted by atomic mass is 9.44. The highest BCUT2D eigenvalue weighted by atomic mass is 16.3. The number of hydrogen-bond acceptors (Lipinski definition) is 3. The molecule has 4 nitrogen and oxygen atoms in total. The summed E-state index contributed by atoms with van der Waals surface area (Å²) in [6, 6.07) is 11.0. The molecule has 6 rings (SSSR count). The van der Waals surface area contributed by atoms with E-state index in [1.54, 1.807) is 0 Å². The molecule has 39 heavy (non-hydrogen) atoms. The lowest BCUT2D eigenvalue weighted by molar-refractivity contribution is -0.130. The number of hydrogen-bond donors (Lipinski definition) is 2. The summed E-state index contributed by atoms with van der Waals surface area (Å²) in [4.78, 5) is 15.4. The summed E-state index contributed by atoms with van der Waals surface area (Å²) in [6.45, 7) is 9.74. The Kier molecular flexibility index (Phi) is 7.81. The third kappa shape index (κ3) is 5.17. The number of amides is 1. The minimum Gasteiger partial charge on any atom is -0.393 e. The van der Waals surface area contributed by atoms with Gasteiger partial charge in [0, 0.05) is 31.2 Å². The van der Waals surface area contributed by atoms with Gasteiger partial charge in [-0.1, -0.05) is 39.0 Å². The molecular weight excluding hydrogens is 480 g/mol. The number of benzene rings is 1. The van der Waals surface area contributed by atoms with Crippen molar-refractivity contribution in [1.29, 1.82) is 0 Å². The van der Waals surface area contributed by atoms with Gasteiger partial charge in [0.05, 0.1) is 6.10 Å². The van der Waals surface area contributed by atoms with Gasteiger partial charge in [-0.3, -0.25) is 4.79 Å². The summed E-state index contributed by atoms with van der Waals surface area (Å²) < 4.78 is 0. The van der Waals surface area contributed by atoms with Crippen molar-refractivity contribution in [3.8, 4) is 0 Å². The number of anilines is 1. The Hall–Kier alpha value is -1.55. The second-order valence-electron chi connectivity index (χ2n) is 15.0. The normalized spacial score (nSPS) is 41.3. The lowest BCUT2D eigenvalue weighted by Crippen LogP contribution is -2.54. The van der Waals surface area contributed by atoms with E-state index in [1.165, 1.54) is 50.6 Å². The van der Waals surface area contributed by atoms with Crippen LogP contribution in [0.1, 0.15) is 104 Å². The van der Waals surface area contributed by atoms with Crippen molar-refractivity contribution in [2.75, 3.05) is 18.0 Å². The first kappa shape index (κ1) is 27.6. The molecule has 1 aliphatic heterocycles. The van der Waals surface area contributed by atoms with Gasteiger partial charge in [0.1, 0.15) is 0 Å². The first-order valence-electron chi connectivity index (χ1n) is 16.6. The fourth-order valence-corrected chi connectivity index (χ4v) is 11.0. The van der Waals surface area contributed by atoms with E-state index >= 15 is 0 Å². The topological polar surface area (TPSA) is 52.6 Å². The summed E-state index contributed by atoms with van der Waals surface area (Å²) in [7, 11) is 0. The van der Waals surface area contributed by atoms with Crippen LogP contribution in [0.4, 0.5) is 5.69 Å². The Bertz CT molecular complexity index is 990. The molecule has 5 fully saturated rings. The fourth-order valence-electron chi connectivity index (χ4n) is 11.0. The van der Waals surface area contributed by atoms with Gasteiger partial charge in [0.15, 0.2) is 0 Å². The maximum Gasteiger partial charge on any atom is 0.220 e. The maximum atomic E-state index is 13.0. The predicted octanol–water partition coefficient (Wildman–Crippen LogP) is 7.21. The largest absolute Gasteiger partial charge is 0.393 e. The zero-order chi connectivity index (χ0) is 27.2. The van der Waals surface area contributed by atoms with Crippen molar-refractivity contribution >= 4 is 11.6 Å². The Morgan fingerprint density at radius 1 is 0.949 bits per heavy atom. The molecule has 5 aliphatic rings. The molecule has 4 aliphatic carbocycles. The molecule has 0 aromatic heterocycles. The minimum atomic E-state index is -0.0514. The highest BCUT2D eigenvalue weighted by Crippen LogP contribution is 2.68. The number of aliphatic hydroxyl groups excluding tert-OH is 1. The Balaban J connectivity index is 0.998. The summed E-state index contributed by atoms with van der Waals surface area (Å²) >= 11 is 0. The van der Waals surface area contributed by atoms with Crippen molar-refractivity contribution in [1.82, 2.24) is 5.32 Å². The van der Waals surface area contributed by atoms with E-state index in [4.69, 9.17) is 0 Å². The zero-order valence-electron chi connectivity index (χ0n) is 24.9. The molecule has 9 atom stereocenters. The van der Waals surface area contributed by atoms with Crippen LogP contribution in [-0.4, -0.2) is 36.2 Å². The van der Waals surface area contributed by atoms with Gasteiger partial charge in [0.2, 0.25) is 5.91 Å². The molecule has 0 spiro atoms. The molecule has 1 amide bonds. The molecule has 4 heteroatoms. The summed E-state index contributed by atoms with van der Waals surface area (Å²) in [5.41, 5.74) is 2.22. The van der Waals surface area contributed by atoms with Crippen molar-refractivity contribution in [3.05, 3.63) is 30.3 Å². The predicted molar refractivity (Wildman–Crippen MR) is 159 cm³/mol. The number of para-hydroxylation sites is 1. The lowest BCUT2D eigenvalue weighted by Gasteiger charge is -2.61. The molecule has 1 aromatic carbocycles. The van der Waals surface area contributed by atoms with Gasteiger partial charge >= 0.3 is 0 Å². The molecular formula is C35H54N2O2. The average Bonchev–Trinajstić information content (AvgIpc) is 3.30. The van der Waals surface area contributed by atoms with Crippen LogP contribution in [-0.2, 0) is 4.79 Å². The van der Waals surface area contributed by atoms with Gasteiger partial charge in [-0.25, -0.2) is 0 Å². The van der Waals surface area contributed by atoms with Crippen LogP contribution in [0.15, 0.2) is 30.3 Å². The monoisotopic (exact) mass is 534 g/mol. The third-order valence-electron chi connectivity index (χ3n) is 13.2. The quantitative estimate of drug-likeness (QED) is 0.405. The van der Waals surface area contributed by atoms with Gasteiger partial charge < -0.3 is 15.3 Å². The Morgan fingerprint density at radius 2 is 1.67 bits per heavy atom. The van der Waals surface area contributed by atoms with E-state index in [-0.39, 0.29) is 12.0 Å². The number of carbonyl (C=O) groups is 1. The van der Waals surface area contributed by atoms with Crippen molar-refractivity contribution < 1.29 is 9.90 Å². The number of nitrogens with one attached hydrogen (secondary N) is 1. The number of nitrogens with zero attached hydrogens (tertiary/aromatic N) is 1. The highest BCUT2D eigenvalue weighted by Gasteiger charge is 2.60. The molecule has 0 bridgehead atoms. The maximum absolute atomic E-state index is 13.0. The SMILES string of the molecule is C[C@H](CCC(=O)NC1CCN(c2ccccc2)CC1)C1CCC2[C@@H]3CC[C@@H]4C[C@H](O)CC[C@]4(C)C3CC[C@@]21C. The number of fused-ring (bicyclic) bond motifs is 5. The standard InChI is InChI=1S/C35H54N2O2/c1-24(9-14-33(39)36-26-17-21-37(22-18-26)27-7-5-4-6-8-27)30-12-13-31-29-11-10-25-23-28(38)15-19-34(25,2)32(29)16-20-35(30,31)3/h4-8,24-26,28-32,38H,9-23H2,1-3H3,(H,36,39)/t24-,25-,28-,29+,30?,31?,32?,34+,35-/m1/s1. The van der Waals surface area contributed by atoms with E-state index in [0.29, 0.717) is 29.2 Å². The molecule has 1 saturated heterocycles. The molecule has 216 valence electrons. The Labute approximate surface area is 237 Å². The number of carbonyl (C=O) groups excluding carboxylic acids is 1. The Morgan fingerprint density at radius 3 is 2.44 bits per heavy atom. The van der Waals surface area contributed by atoms with E-state index in [9.17, 15) is 9.90 Å². The van der Waals surface area contributed by atoms with Crippen LogP contribution in [0.3, 0.4) is 0 Å². The van der Waals surface area contributed by atoms with E-state index in [2.05, 4.69) is 61.3 Å². The van der Waals surface area contributed by atoms with Crippen LogP contribution >= 0.6 is 0 Å². The molecule has 1 heterocycles. The summed E-state index contributed by atoms with van der Waals surface area (Å²) in [5.74, 6) is 5.04. The molecule has 3 unspecified atom stereocenters.